The minimum absolute atomic E-state index is 0.0191. The Morgan fingerprint density at radius 3 is 2.69 bits per heavy atom. The van der Waals surface area contributed by atoms with E-state index in [1.807, 2.05) is 0 Å². The van der Waals surface area contributed by atoms with Crippen molar-refractivity contribution in [2.24, 2.45) is 5.73 Å². The molecule has 0 aliphatic carbocycles. The molecule has 0 saturated heterocycles. The molecule has 2 N–H and O–H groups in total. The highest BCUT2D eigenvalue weighted by Gasteiger charge is 2.14. The maximum absolute atomic E-state index is 13.8. The number of carbonyl (C=O) groups is 1. The first-order chi connectivity index (χ1) is 12.5. The number of ether oxygens (including phenoxy) is 2. The van der Waals surface area contributed by atoms with Crippen LogP contribution >= 0.6 is 15.9 Å². The van der Waals surface area contributed by atoms with Crippen molar-refractivity contribution >= 4 is 27.9 Å². The second kappa shape index (κ2) is 9.02. The fourth-order valence-electron chi connectivity index (χ4n) is 2.16. The Morgan fingerprint density at radius 2 is 2.08 bits per heavy atom. The topological polar surface area (TPSA) is 85.3 Å². The minimum atomic E-state index is -0.818. The van der Waals surface area contributed by atoms with Gasteiger partial charge in [0, 0.05) is 5.56 Å². The third kappa shape index (κ3) is 4.83. The number of hydrogen-bond acceptors (Lipinski definition) is 4. The van der Waals surface area contributed by atoms with Crippen molar-refractivity contribution in [2.45, 2.75) is 13.5 Å². The first-order valence-corrected chi connectivity index (χ1v) is 8.49. The van der Waals surface area contributed by atoms with E-state index in [1.165, 1.54) is 12.1 Å². The van der Waals surface area contributed by atoms with E-state index in [4.69, 9.17) is 20.5 Å². The van der Waals surface area contributed by atoms with Gasteiger partial charge < -0.3 is 15.2 Å². The van der Waals surface area contributed by atoms with E-state index in [0.717, 1.165) is 0 Å². The molecule has 0 saturated carbocycles. The molecule has 0 heterocycles. The highest BCUT2D eigenvalue weighted by Crippen LogP contribution is 2.38. The van der Waals surface area contributed by atoms with E-state index in [-0.39, 0.29) is 18.0 Å². The van der Waals surface area contributed by atoms with Crippen molar-refractivity contribution in [1.29, 1.82) is 5.26 Å². The fourth-order valence-corrected chi connectivity index (χ4v) is 2.74. The Morgan fingerprint density at radius 1 is 1.35 bits per heavy atom. The lowest BCUT2D eigenvalue weighted by atomic mass is 10.1. The molecule has 134 valence electrons. The average Bonchev–Trinajstić information content (AvgIpc) is 2.60. The summed E-state index contributed by atoms with van der Waals surface area (Å²) in [6.07, 6.45) is 1.36. The van der Waals surface area contributed by atoms with Crippen molar-refractivity contribution < 1.29 is 18.7 Å². The first-order valence-electron chi connectivity index (χ1n) is 7.70. The molecule has 5 nitrogen and oxygen atoms in total. The number of nitriles is 1. The Bertz CT molecular complexity index is 891. The van der Waals surface area contributed by atoms with E-state index < -0.39 is 5.91 Å². The number of benzene rings is 2. The van der Waals surface area contributed by atoms with Crippen LogP contribution in [0.2, 0.25) is 0 Å². The fraction of sp³-hybridized carbons (Fsp3) is 0.158. The van der Waals surface area contributed by atoms with Crippen LogP contribution in [0.1, 0.15) is 18.1 Å². The van der Waals surface area contributed by atoms with E-state index in [9.17, 15) is 9.18 Å². The van der Waals surface area contributed by atoms with Crippen LogP contribution in [0.4, 0.5) is 4.39 Å². The van der Waals surface area contributed by atoms with Crippen LogP contribution in [0.15, 0.2) is 46.4 Å². The number of nitrogens with zero attached hydrogens (tertiary/aromatic N) is 1. The van der Waals surface area contributed by atoms with Gasteiger partial charge in [0.1, 0.15) is 24.1 Å². The molecule has 0 unspecified atom stereocenters. The highest BCUT2D eigenvalue weighted by atomic mass is 79.9. The molecule has 0 radical (unpaired) electrons. The van der Waals surface area contributed by atoms with E-state index in [0.29, 0.717) is 33.7 Å². The largest absolute Gasteiger partial charge is 0.490 e. The Balaban J connectivity index is 2.36. The van der Waals surface area contributed by atoms with Crippen molar-refractivity contribution in [3.8, 4) is 17.6 Å². The normalized spacial score (nSPS) is 10.9. The Hall–Kier alpha value is -2.85. The summed E-state index contributed by atoms with van der Waals surface area (Å²) in [6.45, 7) is 2.20. The number of rotatable bonds is 7. The second-order valence-electron chi connectivity index (χ2n) is 5.18. The summed E-state index contributed by atoms with van der Waals surface area (Å²) in [5.74, 6) is -0.390. The summed E-state index contributed by atoms with van der Waals surface area (Å²) in [7, 11) is 0. The molecule has 0 bridgehead atoms. The van der Waals surface area contributed by atoms with E-state index in [1.54, 1.807) is 43.3 Å². The molecule has 0 aliphatic rings. The zero-order valence-corrected chi connectivity index (χ0v) is 15.5. The smallest absolute Gasteiger partial charge is 0.259 e. The molecule has 0 aliphatic heterocycles. The lowest BCUT2D eigenvalue weighted by Crippen LogP contribution is -2.12. The molecule has 26 heavy (non-hydrogen) atoms. The maximum atomic E-state index is 13.8. The summed E-state index contributed by atoms with van der Waals surface area (Å²) < 4.78 is 25.6. The van der Waals surface area contributed by atoms with Crippen LogP contribution < -0.4 is 15.2 Å². The predicted molar refractivity (Wildman–Crippen MR) is 98.8 cm³/mol. The van der Waals surface area contributed by atoms with Crippen molar-refractivity contribution in [3.05, 3.63) is 63.4 Å². The minimum Gasteiger partial charge on any atom is -0.490 e. The van der Waals surface area contributed by atoms with Gasteiger partial charge in [-0.2, -0.15) is 5.26 Å². The van der Waals surface area contributed by atoms with Crippen molar-refractivity contribution in [2.75, 3.05) is 6.61 Å². The molecule has 2 aromatic carbocycles. The number of halogens is 2. The van der Waals surface area contributed by atoms with Gasteiger partial charge >= 0.3 is 0 Å². The van der Waals surface area contributed by atoms with Gasteiger partial charge in [0.15, 0.2) is 11.5 Å². The number of carbonyl (C=O) groups excluding carboxylic acids is 1. The third-order valence-electron chi connectivity index (χ3n) is 3.36. The highest BCUT2D eigenvalue weighted by molar-refractivity contribution is 9.10. The van der Waals surface area contributed by atoms with Crippen LogP contribution in [0, 0.1) is 17.1 Å². The zero-order chi connectivity index (χ0) is 19.1. The number of hydrogen-bond donors (Lipinski definition) is 1. The zero-order valence-electron chi connectivity index (χ0n) is 14.0. The van der Waals surface area contributed by atoms with Gasteiger partial charge in [-0.1, -0.05) is 18.2 Å². The lowest BCUT2D eigenvalue weighted by Gasteiger charge is -2.15. The summed E-state index contributed by atoms with van der Waals surface area (Å²) in [4.78, 5) is 11.2. The second-order valence-corrected chi connectivity index (χ2v) is 6.03. The lowest BCUT2D eigenvalue weighted by molar-refractivity contribution is -0.114. The van der Waals surface area contributed by atoms with Gasteiger partial charge in [-0.25, -0.2) is 4.39 Å². The summed E-state index contributed by atoms with van der Waals surface area (Å²) in [5.41, 5.74) is 5.92. The Kier molecular flexibility index (Phi) is 6.75. The maximum Gasteiger partial charge on any atom is 0.259 e. The molecule has 0 aromatic heterocycles. The van der Waals surface area contributed by atoms with E-state index >= 15 is 0 Å². The molecule has 2 rings (SSSR count). The van der Waals surface area contributed by atoms with Gasteiger partial charge in [0.2, 0.25) is 0 Å². The Labute approximate surface area is 159 Å². The summed E-state index contributed by atoms with van der Waals surface area (Å²) >= 11 is 3.38. The first kappa shape index (κ1) is 19.5. The van der Waals surface area contributed by atoms with Gasteiger partial charge in [-0.05, 0) is 52.7 Å². The molecule has 2 aromatic rings. The molecule has 1 amide bonds. The van der Waals surface area contributed by atoms with E-state index in [2.05, 4.69) is 15.9 Å². The van der Waals surface area contributed by atoms with Gasteiger partial charge in [0.25, 0.3) is 5.91 Å². The van der Waals surface area contributed by atoms with Crippen LogP contribution in [0.3, 0.4) is 0 Å². The van der Waals surface area contributed by atoms with Crippen LogP contribution in [0.25, 0.3) is 6.08 Å². The number of amides is 1. The average molecular weight is 419 g/mol. The van der Waals surface area contributed by atoms with Crippen molar-refractivity contribution in [1.82, 2.24) is 0 Å². The van der Waals surface area contributed by atoms with Crippen LogP contribution in [-0.4, -0.2) is 12.5 Å². The predicted octanol–water partition coefficient (Wildman–Crippen LogP) is 3.96. The summed E-state index contributed by atoms with van der Waals surface area (Å²) in [5, 5.41) is 8.97. The molecule has 0 fully saturated rings. The molecule has 0 atom stereocenters. The molecule has 0 spiro atoms. The standard InChI is InChI=1S/C19H16BrFN2O3/c1-2-25-17-9-12(7-14(10-22)19(23)24)8-15(20)18(17)26-11-13-5-3-4-6-16(13)21/h3-9H,2,11H2,1H3,(H2,23,24). The van der Waals surface area contributed by atoms with Crippen LogP contribution in [-0.2, 0) is 11.4 Å². The molecular formula is C19H16BrFN2O3. The van der Waals surface area contributed by atoms with Gasteiger partial charge in [-0.3, -0.25) is 4.79 Å². The monoisotopic (exact) mass is 418 g/mol. The SMILES string of the molecule is CCOc1cc(C=C(C#N)C(N)=O)cc(Br)c1OCc1ccccc1F. The third-order valence-corrected chi connectivity index (χ3v) is 3.95. The van der Waals surface area contributed by atoms with Crippen LogP contribution in [0.5, 0.6) is 11.5 Å². The number of primary amides is 1. The van der Waals surface area contributed by atoms with Crippen molar-refractivity contribution in [3.63, 3.8) is 0 Å². The quantitative estimate of drug-likeness (QED) is 0.544. The number of nitrogens with two attached hydrogens (primary N) is 1. The molecule has 7 heteroatoms. The van der Waals surface area contributed by atoms with Gasteiger partial charge in [0.05, 0.1) is 11.1 Å². The molecular weight excluding hydrogens is 403 g/mol. The van der Waals surface area contributed by atoms with Gasteiger partial charge in [-0.15, -0.1) is 0 Å². The summed E-state index contributed by atoms with van der Waals surface area (Å²) in [6, 6.07) is 11.3.